The number of aromatic nitrogens is 4. The highest BCUT2D eigenvalue weighted by Gasteiger charge is 2.30. The first kappa shape index (κ1) is 25.9. The van der Waals surface area contributed by atoms with E-state index in [1.165, 1.54) is 12.4 Å². The highest BCUT2D eigenvalue weighted by molar-refractivity contribution is 5.99. The van der Waals surface area contributed by atoms with Crippen LogP contribution in [0.25, 0.3) is 22.3 Å². The number of likely N-dealkylation sites (tertiary alicyclic amines) is 1. The molecule has 0 saturated carbocycles. The third-order valence-electron chi connectivity index (χ3n) is 6.57. The van der Waals surface area contributed by atoms with E-state index < -0.39 is 5.82 Å². The molecule has 3 heterocycles. The molecular weight excluding hydrogens is 497 g/mol. The highest BCUT2D eigenvalue weighted by Crippen LogP contribution is 2.36. The maximum absolute atomic E-state index is 15.4. The molecule has 5 rings (SSSR count). The van der Waals surface area contributed by atoms with Crippen LogP contribution in [-0.2, 0) is 4.79 Å². The number of nitrogen functional groups attached to an aromatic ring is 1. The van der Waals surface area contributed by atoms with E-state index in [9.17, 15) is 10.1 Å². The maximum Gasteiger partial charge on any atom is 0.264 e. The first-order chi connectivity index (χ1) is 18.9. The maximum atomic E-state index is 15.4. The Morgan fingerprint density at radius 2 is 2.00 bits per heavy atom. The van der Waals surface area contributed by atoms with Gasteiger partial charge in [0.15, 0.2) is 5.65 Å². The summed E-state index contributed by atoms with van der Waals surface area (Å²) < 4.78 is 22.9. The number of hydrogen-bond acceptors (Lipinski definition) is 7. The summed E-state index contributed by atoms with van der Waals surface area (Å²) in [4.78, 5) is 23.3. The predicted octanol–water partition coefficient (Wildman–Crippen LogP) is 5.28. The van der Waals surface area contributed by atoms with Gasteiger partial charge in [-0.3, -0.25) is 4.79 Å². The normalized spacial score (nSPS) is 15.9. The minimum Gasteiger partial charge on any atom is -0.457 e. The Morgan fingerprint density at radius 3 is 2.72 bits per heavy atom. The number of ether oxygens (including phenoxy) is 1. The smallest absolute Gasteiger partial charge is 0.264 e. The summed E-state index contributed by atoms with van der Waals surface area (Å²) in [5, 5.41) is 14.7. The van der Waals surface area contributed by atoms with E-state index in [1.807, 2.05) is 38.1 Å². The fourth-order valence-electron chi connectivity index (χ4n) is 4.81. The van der Waals surface area contributed by atoms with E-state index in [-0.39, 0.29) is 34.8 Å². The van der Waals surface area contributed by atoms with Crippen molar-refractivity contribution in [3.05, 3.63) is 72.3 Å². The lowest BCUT2D eigenvalue weighted by molar-refractivity contribution is -0.128. The van der Waals surface area contributed by atoms with Gasteiger partial charge in [-0.1, -0.05) is 38.1 Å². The van der Waals surface area contributed by atoms with Crippen LogP contribution in [0.1, 0.15) is 32.7 Å². The molecule has 1 amide bonds. The molecule has 9 nitrogen and oxygen atoms in total. The minimum absolute atomic E-state index is 0.0702. The lowest BCUT2D eigenvalue weighted by Gasteiger charge is -2.33. The largest absolute Gasteiger partial charge is 0.457 e. The molecule has 1 aliphatic rings. The lowest BCUT2D eigenvalue weighted by Crippen LogP contribution is -2.41. The van der Waals surface area contributed by atoms with Crippen molar-refractivity contribution < 1.29 is 13.9 Å². The molecule has 0 bridgehead atoms. The number of nitrogens with two attached hydrogens (primary N) is 1. The molecule has 1 fully saturated rings. The first-order valence-corrected chi connectivity index (χ1v) is 12.8. The zero-order chi connectivity index (χ0) is 27.5. The highest BCUT2D eigenvalue weighted by atomic mass is 19.1. The summed E-state index contributed by atoms with van der Waals surface area (Å²) in [6.07, 6.45) is 4.47. The zero-order valence-corrected chi connectivity index (χ0v) is 21.7. The number of fused-ring (bicyclic) bond motifs is 1. The molecule has 10 heteroatoms. The second-order valence-electron chi connectivity index (χ2n) is 9.79. The van der Waals surface area contributed by atoms with Crippen LogP contribution in [-0.4, -0.2) is 43.6 Å². The number of halogens is 1. The van der Waals surface area contributed by atoms with Crippen molar-refractivity contribution in [3.63, 3.8) is 0 Å². The first-order valence-electron chi connectivity index (χ1n) is 12.8. The zero-order valence-electron chi connectivity index (χ0n) is 21.7. The Kier molecular flexibility index (Phi) is 7.23. The SMILES string of the molecule is CC(C)C=C(C#N)C(=O)N1CCC[C@@H](n2nc(-c3ccc(Oc4ccccc4)cc3F)c3c(N)ncnc32)C1. The number of nitrogens with zero attached hydrogens (tertiary/aromatic N) is 6. The van der Waals surface area contributed by atoms with Gasteiger partial charge in [0.05, 0.1) is 11.4 Å². The quantitative estimate of drug-likeness (QED) is 0.268. The van der Waals surface area contributed by atoms with Crippen LogP contribution in [0.4, 0.5) is 10.2 Å². The van der Waals surface area contributed by atoms with Crippen molar-refractivity contribution in [2.75, 3.05) is 18.8 Å². The molecule has 1 atom stereocenters. The molecule has 1 aliphatic heterocycles. The van der Waals surface area contributed by atoms with E-state index in [1.54, 1.807) is 39.9 Å². The van der Waals surface area contributed by atoms with Crippen LogP contribution in [0.3, 0.4) is 0 Å². The molecule has 198 valence electrons. The summed E-state index contributed by atoms with van der Waals surface area (Å²) in [5.41, 5.74) is 7.37. The van der Waals surface area contributed by atoms with Gasteiger partial charge in [0.25, 0.3) is 5.91 Å². The standard InChI is InChI=1S/C29H28FN7O2/c1-18(2)13-19(15-31)29(38)36-12-6-7-20(16-36)37-28-25(27(32)33-17-34-28)26(35-37)23-11-10-22(14-24(23)30)39-21-8-4-3-5-9-21/h3-5,8-11,13-14,17-18,20H,6-7,12,16H2,1-2H3,(H2,32,33,34)/t20-/m1/s1. The summed E-state index contributed by atoms with van der Waals surface area (Å²) in [6, 6.07) is 15.5. The predicted molar refractivity (Wildman–Crippen MR) is 145 cm³/mol. The summed E-state index contributed by atoms with van der Waals surface area (Å²) in [6.45, 7) is 4.71. The van der Waals surface area contributed by atoms with Crippen LogP contribution in [0, 0.1) is 23.1 Å². The Hall–Kier alpha value is -4.78. The number of anilines is 1. The van der Waals surface area contributed by atoms with E-state index >= 15 is 4.39 Å². The van der Waals surface area contributed by atoms with E-state index in [0.717, 1.165) is 6.42 Å². The number of rotatable bonds is 6. The van der Waals surface area contributed by atoms with E-state index in [4.69, 9.17) is 15.6 Å². The van der Waals surface area contributed by atoms with Crippen molar-refractivity contribution in [2.45, 2.75) is 32.7 Å². The molecular formula is C29H28FN7O2. The third-order valence-corrected chi connectivity index (χ3v) is 6.57. The van der Waals surface area contributed by atoms with E-state index in [0.29, 0.717) is 47.7 Å². The number of carbonyl (C=O) groups is 1. The Bertz CT molecular complexity index is 1590. The topological polar surface area (TPSA) is 123 Å². The third kappa shape index (κ3) is 5.29. The van der Waals surface area contributed by atoms with Gasteiger partial charge in [-0.25, -0.2) is 19.0 Å². The fourth-order valence-corrected chi connectivity index (χ4v) is 4.81. The van der Waals surface area contributed by atoms with Crippen LogP contribution in [0.15, 0.2) is 66.5 Å². The summed E-state index contributed by atoms with van der Waals surface area (Å²) in [7, 11) is 0. The van der Waals surface area contributed by atoms with Crippen LogP contribution >= 0.6 is 0 Å². The summed E-state index contributed by atoms with van der Waals surface area (Å²) >= 11 is 0. The molecule has 2 N–H and O–H groups in total. The van der Waals surface area contributed by atoms with Crippen molar-refractivity contribution >= 4 is 22.8 Å². The molecule has 0 unspecified atom stereocenters. The molecule has 0 aliphatic carbocycles. The van der Waals surface area contributed by atoms with Crippen molar-refractivity contribution in [1.29, 1.82) is 5.26 Å². The van der Waals surface area contributed by atoms with Crippen molar-refractivity contribution in [3.8, 4) is 28.8 Å². The number of allylic oxidation sites excluding steroid dienone is 1. The van der Waals surface area contributed by atoms with Crippen LogP contribution in [0.2, 0.25) is 0 Å². The number of nitriles is 1. The molecule has 2 aromatic heterocycles. The Morgan fingerprint density at radius 1 is 1.21 bits per heavy atom. The average molecular weight is 526 g/mol. The second-order valence-corrected chi connectivity index (χ2v) is 9.79. The molecule has 1 saturated heterocycles. The van der Waals surface area contributed by atoms with Crippen molar-refractivity contribution in [2.24, 2.45) is 5.92 Å². The monoisotopic (exact) mass is 525 g/mol. The number of piperidine rings is 1. The number of benzene rings is 2. The van der Waals surface area contributed by atoms with Gasteiger partial charge in [0, 0.05) is 24.7 Å². The molecule has 39 heavy (non-hydrogen) atoms. The average Bonchev–Trinajstić information content (AvgIpc) is 3.33. The van der Waals surface area contributed by atoms with Gasteiger partial charge in [-0.05, 0) is 43.0 Å². The minimum atomic E-state index is -0.531. The fraction of sp³-hybridized carbons (Fsp3) is 0.276. The van der Waals surface area contributed by atoms with Gasteiger partial charge in [0.1, 0.15) is 46.8 Å². The number of hydrogen-bond donors (Lipinski definition) is 1. The molecule has 4 aromatic rings. The number of amides is 1. The van der Waals surface area contributed by atoms with E-state index in [2.05, 4.69) is 9.97 Å². The Balaban J connectivity index is 1.49. The Labute approximate surface area is 225 Å². The number of carbonyl (C=O) groups excluding carboxylic acids is 1. The number of para-hydroxylation sites is 1. The molecule has 0 radical (unpaired) electrons. The molecule has 0 spiro atoms. The van der Waals surface area contributed by atoms with Gasteiger partial charge >= 0.3 is 0 Å². The van der Waals surface area contributed by atoms with Gasteiger partial charge in [0.2, 0.25) is 0 Å². The lowest BCUT2D eigenvalue weighted by atomic mass is 10.0. The second kappa shape index (κ2) is 10.9. The molecule has 2 aromatic carbocycles. The van der Waals surface area contributed by atoms with Gasteiger partial charge < -0.3 is 15.4 Å². The van der Waals surface area contributed by atoms with Gasteiger partial charge in [-0.15, -0.1) is 0 Å². The van der Waals surface area contributed by atoms with Crippen molar-refractivity contribution in [1.82, 2.24) is 24.6 Å². The van der Waals surface area contributed by atoms with Gasteiger partial charge in [-0.2, -0.15) is 10.4 Å². The summed E-state index contributed by atoms with van der Waals surface area (Å²) in [5.74, 6) is 0.357. The van der Waals surface area contributed by atoms with Crippen LogP contribution in [0.5, 0.6) is 11.5 Å². The van der Waals surface area contributed by atoms with Crippen LogP contribution < -0.4 is 10.5 Å².